The van der Waals surface area contributed by atoms with Crippen molar-refractivity contribution in [2.24, 2.45) is 79.3 Å². The average Bonchev–Trinajstić information content (AvgIpc) is 3.68. The number of ether oxygens (including phenoxy) is 2. The molecule has 7 saturated carbocycles. The number of benzene rings is 2. The number of hydrogen-bond acceptors (Lipinski definition) is 6. The van der Waals surface area contributed by atoms with Crippen LogP contribution in [0.5, 0.6) is 0 Å². The molecule has 3 unspecified atom stereocenters. The number of amides is 1. The Bertz CT molecular complexity index is 2390. The highest BCUT2D eigenvalue weighted by Crippen LogP contribution is 2.79. The van der Waals surface area contributed by atoms with Crippen LogP contribution in [-0.4, -0.2) is 45.4 Å². The summed E-state index contributed by atoms with van der Waals surface area (Å²) < 4.78 is 12.4. The van der Waals surface area contributed by atoms with E-state index in [1.807, 2.05) is 56.4 Å². The summed E-state index contributed by atoms with van der Waals surface area (Å²) in [5, 5.41) is 0. The van der Waals surface area contributed by atoms with Crippen LogP contribution in [0.2, 0.25) is 0 Å². The predicted molar refractivity (Wildman–Crippen MR) is 261 cm³/mol. The number of likely N-dealkylation sites (tertiary alicyclic amines) is 1. The summed E-state index contributed by atoms with van der Waals surface area (Å²) in [5.41, 5.74) is 2.99. The number of imidazole rings is 1. The van der Waals surface area contributed by atoms with Crippen LogP contribution in [0.3, 0.4) is 0 Å². The third kappa shape index (κ3) is 6.75. The summed E-state index contributed by atoms with van der Waals surface area (Å²) in [5.74, 6) is 3.04. The first-order chi connectivity index (χ1) is 31.9. The monoisotopic (exact) mass is 910 g/mol. The fourth-order valence-electron chi connectivity index (χ4n) is 18.1. The molecule has 360 valence electrons. The zero-order chi connectivity index (χ0) is 46.9. The number of H-pyrrole nitrogens is 1. The minimum Gasteiger partial charge on any atom is -0.462 e. The van der Waals surface area contributed by atoms with Gasteiger partial charge in [0.15, 0.2) is 0 Å². The van der Waals surface area contributed by atoms with Gasteiger partial charge < -0.3 is 19.4 Å². The van der Waals surface area contributed by atoms with E-state index in [9.17, 15) is 9.59 Å². The second kappa shape index (κ2) is 15.8. The molecule has 1 aromatic heterocycles. The van der Waals surface area contributed by atoms with E-state index >= 15 is 4.79 Å². The molecule has 0 bridgehead atoms. The molecule has 8 nitrogen and oxygen atoms in total. The fourth-order valence-corrected chi connectivity index (χ4v) is 18.1. The van der Waals surface area contributed by atoms with E-state index in [-0.39, 0.29) is 69.6 Å². The van der Waals surface area contributed by atoms with Crippen LogP contribution in [0.25, 0.3) is 11.3 Å². The molecule has 13 atom stereocenters. The van der Waals surface area contributed by atoms with Gasteiger partial charge >= 0.3 is 11.9 Å². The third-order valence-electron chi connectivity index (χ3n) is 22.6. The fraction of sp³-hybridized carbons (Fsp3) is 0.695. The van der Waals surface area contributed by atoms with Gasteiger partial charge in [0.25, 0.3) is 0 Å². The summed E-state index contributed by atoms with van der Waals surface area (Å²) in [6.07, 6.45) is 18.1. The van der Waals surface area contributed by atoms with E-state index in [1.165, 1.54) is 38.5 Å². The number of carbonyl (C=O) groups excluding carboxylic acids is 3. The zero-order valence-electron chi connectivity index (χ0n) is 42.0. The number of nitrogens with one attached hydrogen (secondary N) is 1. The maximum absolute atomic E-state index is 15.8. The molecule has 0 radical (unpaired) electrons. The van der Waals surface area contributed by atoms with Gasteiger partial charge in [0.1, 0.15) is 18.5 Å². The Kier molecular flexibility index (Phi) is 10.7. The number of aromatic amines is 1. The van der Waals surface area contributed by atoms with Crippen molar-refractivity contribution in [3.63, 3.8) is 0 Å². The van der Waals surface area contributed by atoms with Crippen LogP contribution >= 0.6 is 0 Å². The zero-order valence-corrected chi connectivity index (χ0v) is 42.0. The number of hydrogen-bond donors (Lipinski definition) is 1. The molecule has 8 heteroatoms. The normalized spacial score (nSPS) is 40.8. The smallest absolute Gasteiger partial charge is 0.309 e. The molecule has 1 N–H and O–H groups in total. The van der Waals surface area contributed by atoms with Gasteiger partial charge in [0.2, 0.25) is 5.91 Å². The first-order valence-electron chi connectivity index (χ1n) is 26.7. The maximum atomic E-state index is 15.8. The Morgan fingerprint density at radius 2 is 1.40 bits per heavy atom. The van der Waals surface area contributed by atoms with Crippen molar-refractivity contribution in [2.45, 2.75) is 170 Å². The molecule has 3 aromatic rings. The Morgan fingerprint density at radius 1 is 0.687 bits per heavy atom. The van der Waals surface area contributed by atoms with Gasteiger partial charge in [-0.25, -0.2) is 4.98 Å². The summed E-state index contributed by atoms with van der Waals surface area (Å²) in [6.45, 7) is 20.6. The molecule has 11 rings (SSSR count). The van der Waals surface area contributed by atoms with Gasteiger partial charge in [-0.15, -0.1) is 0 Å². The number of carbonyl (C=O) groups is 3. The average molecular weight is 910 g/mol. The standard InChI is InChI=1S/C59H79N3O5/c1-53(2)41(50(63)66-36-37-16-11-9-12-17-37)34-42(53)51(64)67-47-25-26-56(6)45(54(47,3)4)24-27-58(8)46(56)22-21-40-48-39(55(5)29-30-55)23-28-59(48,32-31-57(40,58)7)52(65)62-33-15-20-44(62)49-60-35-43(61-49)38-18-13-10-14-19-38/h9-14,16-19,35,39-42,44-48H,15,20-34,36H2,1-8H3,(H,60,61)/t39-,40-,41?,42?,44?,45+,46-,47+,48-,56+,57-,58-,59+/m1/s1. The van der Waals surface area contributed by atoms with Crippen molar-refractivity contribution in [2.75, 3.05) is 6.54 Å². The van der Waals surface area contributed by atoms with Crippen molar-refractivity contribution in [1.29, 1.82) is 0 Å². The molecular formula is C59H79N3O5. The maximum Gasteiger partial charge on any atom is 0.309 e. The third-order valence-corrected chi connectivity index (χ3v) is 22.6. The Morgan fingerprint density at radius 3 is 2.12 bits per heavy atom. The van der Waals surface area contributed by atoms with Crippen LogP contribution in [-0.2, 0) is 30.5 Å². The highest BCUT2D eigenvalue weighted by molar-refractivity contribution is 5.85. The van der Waals surface area contributed by atoms with Crippen molar-refractivity contribution in [3.8, 4) is 11.3 Å². The Hall–Kier alpha value is -3.94. The van der Waals surface area contributed by atoms with Gasteiger partial charge in [-0.1, -0.05) is 116 Å². The van der Waals surface area contributed by atoms with E-state index in [0.29, 0.717) is 47.3 Å². The van der Waals surface area contributed by atoms with Crippen molar-refractivity contribution >= 4 is 17.8 Å². The summed E-state index contributed by atoms with van der Waals surface area (Å²) >= 11 is 0. The molecule has 8 fully saturated rings. The largest absolute Gasteiger partial charge is 0.462 e. The van der Waals surface area contributed by atoms with Gasteiger partial charge in [0, 0.05) is 12.0 Å². The predicted octanol–water partition coefficient (Wildman–Crippen LogP) is 12.9. The van der Waals surface area contributed by atoms with Crippen LogP contribution < -0.4 is 0 Å². The van der Waals surface area contributed by atoms with E-state index in [4.69, 9.17) is 14.5 Å². The van der Waals surface area contributed by atoms with E-state index in [2.05, 4.69) is 75.7 Å². The molecule has 0 spiro atoms. The van der Waals surface area contributed by atoms with Crippen LogP contribution in [0.4, 0.5) is 0 Å². The number of rotatable bonds is 9. The lowest BCUT2D eigenvalue weighted by atomic mass is 9.32. The molecule has 1 amide bonds. The van der Waals surface area contributed by atoms with Crippen LogP contribution in [0.15, 0.2) is 66.9 Å². The lowest BCUT2D eigenvalue weighted by Gasteiger charge is -2.73. The van der Waals surface area contributed by atoms with Crippen molar-refractivity contribution in [1.82, 2.24) is 14.9 Å². The molecule has 1 aliphatic heterocycles. The highest BCUT2D eigenvalue weighted by atomic mass is 16.5. The van der Waals surface area contributed by atoms with E-state index in [0.717, 1.165) is 80.6 Å². The lowest BCUT2D eigenvalue weighted by Crippen LogP contribution is -2.67. The van der Waals surface area contributed by atoms with Crippen LogP contribution in [0.1, 0.15) is 169 Å². The first kappa shape index (κ1) is 45.5. The topological polar surface area (TPSA) is 102 Å². The second-order valence-corrected chi connectivity index (χ2v) is 25.9. The summed E-state index contributed by atoms with van der Waals surface area (Å²) in [7, 11) is 0. The lowest BCUT2D eigenvalue weighted by molar-refractivity contribution is -0.253. The summed E-state index contributed by atoms with van der Waals surface area (Å²) in [4.78, 5) is 54.1. The number of aromatic nitrogens is 2. The molecule has 2 heterocycles. The van der Waals surface area contributed by atoms with E-state index < -0.39 is 5.41 Å². The summed E-state index contributed by atoms with van der Waals surface area (Å²) in [6, 6.07) is 20.2. The molecule has 67 heavy (non-hydrogen) atoms. The first-order valence-corrected chi connectivity index (χ1v) is 26.7. The molecule has 8 aliphatic rings. The van der Waals surface area contributed by atoms with Gasteiger partial charge in [-0.05, 0) is 164 Å². The van der Waals surface area contributed by atoms with Gasteiger partial charge in [0.05, 0.1) is 35.2 Å². The molecule has 2 aromatic carbocycles. The van der Waals surface area contributed by atoms with Crippen LogP contribution in [0, 0.1) is 79.3 Å². The quantitative estimate of drug-likeness (QED) is 0.215. The minimum absolute atomic E-state index is 0.0104. The number of fused-ring (bicyclic) bond motifs is 7. The number of nitrogens with zero attached hydrogens (tertiary/aromatic N) is 2. The van der Waals surface area contributed by atoms with Gasteiger partial charge in [-0.2, -0.15) is 0 Å². The SMILES string of the molecule is CC1(C)C(C(=O)OCc2ccccc2)CC1C(=O)O[C@H]1CC[C@]2(C)[C@H]3CC[C@@H]4[C@H]5[C@H](C6(C)CC6)CC[C@]5(C(=O)N5CCCC5c5ncc(-c6ccccc6)[nH]5)CC[C@@]4(C)[C@]3(C)CC[C@H]2C1(C)C. The van der Waals surface area contributed by atoms with Gasteiger partial charge in [-0.3, -0.25) is 14.4 Å². The number of esters is 2. The highest BCUT2D eigenvalue weighted by Gasteiger charge is 2.74. The Balaban J connectivity index is 0.806. The molecular weight excluding hydrogens is 831 g/mol. The van der Waals surface area contributed by atoms with E-state index in [1.54, 1.807) is 0 Å². The van der Waals surface area contributed by atoms with Crippen molar-refractivity contribution < 1.29 is 23.9 Å². The minimum atomic E-state index is -0.515. The Labute approximate surface area is 400 Å². The second-order valence-electron chi connectivity index (χ2n) is 25.9. The van der Waals surface area contributed by atoms with Crippen molar-refractivity contribution in [3.05, 3.63) is 78.2 Å². The molecule has 7 aliphatic carbocycles. The molecule has 1 saturated heterocycles.